The summed E-state index contributed by atoms with van der Waals surface area (Å²) in [7, 11) is 0. The first-order valence-electron chi connectivity index (χ1n) is 5.85. The highest BCUT2D eigenvalue weighted by atomic mass is 79.9. The van der Waals surface area contributed by atoms with Crippen LogP contribution < -0.4 is 0 Å². The van der Waals surface area contributed by atoms with Crippen LogP contribution in [0.4, 0.5) is 5.69 Å². The van der Waals surface area contributed by atoms with E-state index in [-0.39, 0.29) is 17.3 Å². The molecular formula is C14H16BrNO3. The summed E-state index contributed by atoms with van der Waals surface area (Å²) < 4.78 is 0.920. The zero-order valence-corrected chi connectivity index (χ0v) is 12.4. The van der Waals surface area contributed by atoms with E-state index in [4.69, 9.17) is 5.11 Å². The van der Waals surface area contributed by atoms with E-state index in [9.17, 15) is 9.90 Å². The lowest BCUT2D eigenvalue weighted by molar-refractivity contribution is -0.132. The average Bonchev–Trinajstić information content (AvgIpc) is 2.30. The molecule has 0 saturated heterocycles. The molecule has 0 aliphatic rings. The van der Waals surface area contributed by atoms with Crippen LogP contribution in [0.3, 0.4) is 0 Å². The summed E-state index contributed by atoms with van der Waals surface area (Å²) in [5.41, 5.74) is 0.455. The van der Waals surface area contributed by atoms with Gasteiger partial charge in [0.1, 0.15) is 11.3 Å². The van der Waals surface area contributed by atoms with Gasteiger partial charge in [-0.15, -0.1) is 0 Å². The van der Waals surface area contributed by atoms with Crippen molar-refractivity contribution in [2.24, 2.45) is 10.9 Å². The Balaban J connectivity index is 2.96. The van der Waals surface area contributed by atoms with Crippen LogP contribution in [-0.2, 0) is 4.79 Å². The van der Waals surface area contributed by atoms with E-state index in [0.717, 1.165) is 4.47 Å². The standard InChI is InChI=1S/C14H16BrNO3/c1-9(2)7-13(17)12(14(18)19)8-16-11-5-3-10(15)4-6-11/h3-6,8-9,17H,7H2,1-2H3,(H,18,19). The predicted octanol–water partition coefficient (Wildman–Crippen LogP) is 4.09. The number of carboxylic acids is 1. The molecule has 0 fully saturated rings. The number of aliphatic imine (C=N–C) groups is 1. The Hall–Kier alpha value is -1.62. The van der Waals surface area contributed by atoms with Gasteiger partial charge in [-0.1, -0.05) is 29.8 Å². The fourth-order valence-corrected chi connectivity index (χ4v) is 1.68. The van der Waals surface area contributed by atoms with Crippen molar-refractivity contribution in [2.75, 3.05) is 0 Å². The van der Waals surface area contributed by atoms with Crippen LogP contribution in [0.15, 0.2) is 45.1 Å². The molecule has 0 aliphatic heterocycles. The number of allylic oxidation sites excluding steroid dienone is 1. The van der Waals surface area contributed by atoms with Crippen molar-refractivity contribution in [3.63, 3.8) is 0 Å². The second kappa shape index (κ2) is 7.09. The Kier molecular flexibility index (Phi) is 5.76. The SMILES string of the molecule is CC(C)CC(O)=C(C=Nc1ccc(Br)cc1)C(=O)O. The average molecular weight is 326 g/mol. The number of hydrogen-bond donors (Lipinski definition) is 2. The second-order valence-corrected chi connectivity index (χ2v) is 5.41. The number of aliphatic hydroxyl groups excluding tert-OH is 1. The number of hydrogen-bond acceptors (Lipinski definition) is 3. The summed E-state index contributed by atoms with van der Waals surface area (Å²) in [6.07, 6.45) is 1.50. The smallest absolute Gasteiger partial charge is 0.340 e. The summed E-state index contributed by atoms with van der Waals surface area (Å²) in [6, 6.07) is 7.12. The highest BCUT2D eigenvalue weighted by Crippen LogP contribution is 2.17. The van der Waals surface area contributed by atoms with E-state index in [1.807, 2.05) is 26.0 Å². The maximum atomic E-state index is 11.1. The fraction of sp³-hybridized carbons (Fsp3) is 0.286. The van der Waals surface area contributed by atoms with E-state index in [2.05, 4.69) is 20.9 Å². The summed E-state index contributed by atoms with van der Waals surface area (Å²) in [6.45, 7) is 3.81. The molecule has 1 aromatic rings. The van der Waals surface area contributed by atoms with Crippen molar-refractivity contribution >= 4 is 33.8 Å². The second-order valence-electron chi connectivity index (χ2n) is 4.50. The van der Waals surface area contributed by atoms with Gasteiger partial charge in [-0.25, -0.2) is 4.79 Å². The normalized spacial score (nSPS) is 12.8. The quantitative estimate of drug-likeness (QED) is 0.486. The number of carbonyl (C=O) groups is 1. The highest BCUT2D eigenvalue weighted by Gasteiger charge is 2.12. The van der Waals surface area contributed by atoms with E-state index >= 15 is 0 Å². The Labute approximate surface area is 120 Å². The Morgan fingerprint density at radius 1 is 1.32 bits per heavy atom. The summed E-state index contributed by atoms with van der Waals surface area (Å²) in [5.74, 6) is -1.15. The molecule has 0 amide bonds. The van der Waals surface area contributed by atoms with Gasteiger partial charge >= 0.3 is 5.97 Å². The minimum absolute atomic E-state index is 0.150. The maximum Gasteiger partial charge on any atom is 0.340 e. The van der Waals surface area contributed by atoms with Gasteiger partial charge in [-0.3, -0.25) is 4.99 Å². The van der Waals surface area contributed by atoms with Crippen molar-refractivity contribution in [1.29, 1.82) is 0 Å². The number of nitrogens with zero attached hydrogens (tertiary/aromatic N) is 1. The van der Waals surface area contributed by atoms with Gasteiger partial charge in [0.05, 0.1) is 5.69 Å². The predicted molar refractivity (Wildman–Crippen MR) is 79.0 cm³/mol. The molecule has 5 heteroatoms. The van der Waals surface area contributed by atoms with Crippen LogP contribution >= 0.6 is 15.9 Å². The van der Waals surface area contributed by atoms with E-state index < -0.39 is 5.97 Å². The summed E-state index contributed by atoms with van der Waals surface area (Å²) >= 11 is 3.30. The van der Waals surface area contributed by atoms with Crippen LogP contribution in [0.5, 0.6) is 0 Å². The van der Waals surface area contributed by atoms with Gasteiger partial charge in [0, 0.05) is 17.1 Å². The number of halogens is 1. The molecule has 0 atom stereocenters. The van der Waals surface area contributed by atoms with Gasteiger partial charge < -0.3 is 10.2 Å². The molecule has 4 nitrogen and oxygen atoms in total. The zero-order valence-electron chi connectivity index (χ0n) is 10.8. The van der Waals surface area contributed by atoms with E-state index in [1.165, 1.54) is 6.21 Å². The van der Waals surface area contributed by atoms with Crippen molar-refractivity contribution < 1.29 is 15.0 Å². The number of rotatable bonds is 5. The summed E-state index contributed by atoms with van der Waals surface area (Å²) in [5, 5.41) is 18.8. The van der Waals surface area contributed by atoms with Gasteiger partial charge in [-0.05, 0) is 30.2 Å². The van der Waals surface area contributed by atoms with Crippen LogP contribution in [0.1, 0.15) is 20.3 Å². The molecule has 0 aliphatic carbocycles. The zero-order chi connectivity index (χ0) is 14.4. The Morgan fingerprint density at radius 3 is 2.37 bits per heavy atom. The number of aliphatic carboxylic acids is 1. The lowest BCUT2D eigenvalue weighted by atomic mass is 10.1. The molecule has 0 spiro atoms. The molecule has 0 unspecified atom stereocenters. The van der Waals surface area contributed by atoms with Gasteiger partial charge in [0.15, 0.2) is 0 Å². The van der Waals surface area contributed by atoms with Crippen molar-refractivity contribution in [1.82, 2.24) is 0 Å². The van der Waals surface area contributed by atoms with Gasteiger partial charge in [0.25, 0.3) is 0 Å². The number of carboxylic acid groups (broad SMARTS) is 1. The lowest BCUT2D eigenvalue weighted by Crippen LogP contribution is -2.07. The minimum Gasteiger partial charge on any atom is -0.511 e. The summed E-state index contributed by atoms with van der Waals surface area (Å²) in [4.78, 5) is 15.1. The molecule has 0 heterocycles. The first-order chi connectivity index (χ1) is 8.90. The first kappa shape index (κ1) is 15.4. The monoisotopic (exact) mass is 325 g/mol. The molecule has 0 radical (unpaired) electrons. The fourth-order valence-electron chi connectivity index (χ4n) is 1.42. The molecule has 102 valence electrons. The number of benzene rings is 1. The topological polar surface area (TPSA) is 69.9 Å². The third kappa shape index (κ3) is 5.26. The van der Waals surface area contributed by atoms with Crippen LogP contribution in [-0.4, -0.2) is 22.4 Å². The molecule has 1 aromatic carbocycles. The molecule has 0 bridgehead atoms. The molecule has 0 aromatic heterocycles. The van der Waals surface area contributed by atoms with Crippen LogP contribution in [0.2, 0.25) is 0 Å². The highest BCUT2D eigenvalue weighted by molar-refractivity contribution is 9.10. The molecule has 19 heavy (non-hydrogen) atoms. The Bertz CT molecular complexity index is 504. The number of aliphatic hydroxyl groups is 1. The third-order valence-electron chi connectivity index (χ3n) is 2.31. The molecule has 0 saturated carbocycles. The van der Waals surface area contributed by atoms with Gasteiger partial charge in [-0.2, -0.15) is 0 Å². The van der Waals surface area contributed by atoms with Crippen LogP contribution in [0.25, 0.3) is 0 Å². The van der Waals surface area contributed by atoms with Crippen molar-refractivity contribution in [3.8, 4) is 0 Å². The minimum atomic E-state index is -1.18. The lowest BCUT2D eigenvalue weighted by Gasteiger charge is -2.05. The van der Waals surface area contributed by atoms with Crippen molar-refractivity contribution in [3.05, 3.63) is 40.1 Å². The third-order valence-corrected chi connectivity index (χ3v) is 2.84. The van der Waals surface area contributed by atoms with Gasteiger partial charge in [0.2, 0.25) is 0 Å². The molecule has 2 N–H and O–H groups in total. The van der Waals surface area contributed by atoms with Crippen LogP contribution in [0, 0.1) is 5.92 Å². The largest absolute Gasteiger partial charge is 0.511 e. The Morgan fingerprint density at radius 2 is 1.89 bits per heavy atom. The maximum absolute atomic E-state index is 11.1. The van der Waals surface area contributed by atoms with Crippen molar-refractivity contribution in [2.45, 2.75) is 20.3 Å². The van der Waals surface area contributed by atoms with E-state index in [1.54, 1.807) is 12.1 Å². The van der Waals surface area contributed by atoms with E-state index in [0.29, 0.717) is 12.1 Å². The molecule has 1 rings (SSSR count). The molecular weight excluding hydrogens is 310 g/mol. The first-order valence-corrected chi connectivity index (χ1v) is 6.64.